The average molecular weight is 1020 g/mol. The summed E-state index contributed by atoms with van der Waals surface area (Å²) in [6.07, 6.45) is 6.97. The summed E-state index contributed by atoms with van der Waals surface area (Å²) in [5, 5.41) is 19.4. The number of benzene rings is 4. The molecule has 0 saturated carbocycles. The zero-order chi connectivity index (χ0) is 51.0. The number of aromatic nitrogens is 4. The van der Waals surface area contributed by atoms with Crippen molar-refractivity contribution in [1.82, 2.24) is 40.0 Å². The molecule has 17 nitrogen and oxygen atoms in total. The maximum Gasteiger partial charge on any atom is 0.317 e. The van der Waals surface area contributed by atoms with Crippen LogP contribution in [0.15, 0.2) is 73.3 Å². The lowest BCUT2D eigenvalue weighted by molar-refractivity contribution is -0.137. The quantitative estimate of drug-likeness (QED) is 0.0721. The molecule has 2 aliphatic heterocycles. The molecule has 4 aromatic carbocycles. The highest BCUT2D eigenvalue weighted by Gasteiger charge is 2.25. The van der Waals surface area contributed by atoms with Crippen molar-refractivity contribution in [3.63, 3.8) is 0 Å². The van der Waals surface area contributed by atoms with Gasteiger partial charge in [0.1, 0.15) is 35.9 Å². The van der Waals surface area contributed by atoms with Gasteiger partial charge in [-0.25, -0.2) is 28.7 Å². The van der Waals surface area contributed by atoms with Crippen LogP contribution in [0.2, 0.25) is 10.0 Å². The van der Waals surface area contributed by atoms with Crippen LogP contribution in [0, 0.1) is 23.5 Å². The fourth-order valence-electron chi connectivity index (χ4n) is 7.84. The summed E-state index contributed by atoms with van der Waals surface area (Å²) < 4.78 is 51.8. The van der Waals surface area contributed by atoms with Crippen molar-refractivity contribution in [2.75, 3.05) is 106 Å². The Labute approximate surface area is 421 Å². The first-order valence-electron chi connectivity index (χ1n) is 23.0. The molecule has 0 unspecified atom stereocenters. The Kier molecular flexibility index (Phi) is 19.9. The fourth-order valence-corrected chi connectivity index (χ4v) is 8.16. The molecule has 380 valence electrons. The Bertz CT molecular complexity index is 2750. The van der Waals surface area contributed by atoms with Crippen LogP contribution in [-0.2, 0) is 9.59 Å². The van der Waals surface area contributed by atoms with Crippen molar-refractivity contribution in [3.8, 4) is 23.0 Å². The second-order valence-corrected chi connectivity index (χ2v) is 18.4. The molecule has 8 rings (SSSR count). The number of hydrogen-bond acceptors (Lipinski definition) is 15. The van der Waals surface area contributed by atoms with Crippen LogP contribution in [0.3, 0.4) is 0 Å². The standard InChI is InChI=1S/C25H29ClFN5O3.C21H22ClFN4O2.C4H9NO2/c1-31(2)13-24(33)32-8-4-5-16(12-32)14-35-23-11-21-18(10-22(23)34-3)25(29-15-28-21)30-20-7-6-17(26)9-19(20)27;1-28-19-9-15-18(10-20(19)29-11-13-4-6-24-7-5-13)25-12-26-21(15)27-17-3-2-14(22)8-16(17)23;1-5(2)3-4(6)7/h6-7,9-11,15-16H,4-5,8,12-14H2,1-3H3,(H,28,29,30);2-3,8-10,12-13,24H,4-7,11H2,1H3,(H,25,26,27);3H2,1-2H3,(H,6,7)/t16-;;/m0../s1. The smallest absolute Gasteiger partial charge is 0.317 e. The van der Waals surface area contributed by atoms with Gasteiger partial charge in [-0.3, -0.25) is 14.5 Å². The summed E-state index contributed by atoms with van der Waals surface area (Å²) in [6, 6.07) is 16.0. The number of likely N-dealkylation sites (N-methyl/N-ethyl adjacent to an activating group) is 2. The molecular formula is C50H60Cl2F2N10O7. The molecule has 4 heterocycles. The van der Waals surface area contributed by atoms with E-state index in [1.807, 2.05) is 36.0 Å². The van der Waals surface area contributed by atoms with Gasteiger partial charge in [-0.15, -0.1) is 0 Å². The topological polar surface area (TPSA) is 189 Å². The average Bonchev–Trinajstić information content (AvgIpc) is 3.34. The van der Waals surface area contributed by atoms with E-state index in [9.17, 15) is 18.4 Å². The number of rotatable bonds is 16. The van der Waals surface area contributed by atoms with Crippen LogP contribution in [0.1, 0.15) is 25.7 Å². The Morgan fingerprint density at radius 1 is 0.704 bits per heavy atom. The predicted molar refractivity (Wildman–Crippen MR) is 272 cm³/mol. The molecule has 1 atom stereocenters. The predicted octanol–water partition coefficient (Wildman–Crippen LogP) is 8.54. The summed E-state index contributed by atoms with van der Waals surface area (Å²) in [4.78, 5) is 44.8. The lowest BCUT2D eigenvalue weighted by Gasteiger charge is -2.33. The molecule has 2 fully saturated rings. The summed E-state index contributed by atoms with van der Waals surface area (Å²) in [7, 11) is 10.4. The molecule has 4 N–H and O–H groups in total. The number of amides is 1. The number of carbonyl (C=O) groups is 2. The fraction of sp³-hybridized carbons (Fsp3) is 0.400. The third-order valence-electron chi connectivity index (χ3n) is 11.4. The number of carboxylic acids is 1. The highest BCUT2D eigenvalue weighted by atomic mass is 35.5. The molecule has 2 saturated heterocycles. The van der Waals surface area contributed by atoms with E-state index in [4.69, 9.17) is 47.3 Å². The van der Waals surface area contributed by atoms with Crippen molar-refractivity contribution in [1.29, 1.82) is 0 Å². The van der Waals surface area contributed by atoms with E-state index >= 15 is 0 Å². The van der Waals surface area contributed by atoms with Crippen molar-refractivity contribution in [2.45, 2.75) is 25.7 Å². The van der Waals surface area contributed by atoms with E-state index in [1.165, 1.54) is 24.8 Å². The molecule has 1 amide bonds. The first-order chi connectivity index (χ1) is 34.1. The van der Waals surface area contributed by atoms with Crippen LogP contribution in [0.4, 0.5) is 31.8 Å². The number of carboxylic acid groups (broad SMARTS) is 1. The first kappa shape index (κ1) is 54.0. The van der Waals surface area contributed by atoms with Gasteiger partial charge in [0.2, 0.25) is 5.91 Å². The highest BCUT2D eigenvalue weighted by Crippen LogP contribution is 2.37. The number of nitrogens with one attached hydrogen (secondary N) is 3. The summed E-state index contributed by atoms with van der Waals surface area (Å²) in [5.41, 5.74) is 1.83. The summed E-state index contributed by atoms with van der Waals surface area (Å²) in [5.74, 6) is 2.35. The minimum absolute atomic E-state index is 0.111. The number of piperidine rings is 2. The zero-order valence-electron chi connectivity index (χ0n) is 40.6. The molecule has 2 aromatic heterocycles. The number of nitrogens with zero attached hydrogens (tertiary/aromatic N) is 7. The van der Waals surface area contributed by atoms with Gasteiger partial charge in [0.05, 0.1) is 62.9 Å². The van der Waals surface area contributed by atoms with Crippen molar-refractivity contribution in [2.24, 2.45) is 11.8 Å². The van der Waals surface area contributed by atoms with Crippen molar-refractivity contribution in [3.05, 3.63) is 95.0 Å². The van der Waals surface area contributed by atoms with Gasteiger partial charge in [-0.05, 0) is 121 Å². The van der Waals surface area contributed by atoms with E-state index in [-0.39, 0.29) is 29.7 Å². The highest BCUT2D eigenvalue weighted by molar-refractivity contribution is 6.31. The molecule has 6 aromatic rings. The summed E-state index contributed by atoms with van der Waals surface area (Å²) in [6.45, 7) is 5.10. The number of methoxy groups -OCH3 is 2. The van der Waals surface area contributed by atoms with E-state index < -0.39 is 17.6 Å². The number of anilines is 4. The Hall–Kier alpha value is -6.38. The first-order valence-corrected chi connectivity index (χ1v) is 23.7. The second-order valence-electron chi connectivity index (χ2n) is 17.5. The van der Waals surface area contributed by atoms with E-state index in [0.717, 1.165) is 45.3 Å². The number of likely N-dealkylation sites (tertiary alicyclic amines) is 1. The van der Waals surface area contributed by atoms with Gasteiger partial charge < -0.3 is 49.8 Å². The Morgan fingerprint density at radius 3 is 1.63 bits per heavy atom. The maximum absolute atomic E-state index is 14.3. The van der Waals surface area contributed by atoms with Gasteiger partial charge in [0, 0.05) is 52.0 Å². The SMILES string of the molecule is CN(C)CC(=O)O.COc1cc2c(Nc3ccc(Cl)cc3F)ncnc2cc1OCC1CCNCC1.COc1cc2c(Nc3ccc(Cl)cc3F)ncnc2cc1OC[C@H]1CCCN(C(=O)CN(C)C)C1. The van der Waals surface area contributed by atoms with Gasteiger partial charge >= 0.3 is 5.97 Å². The largest absolute Gasteiger partial charge is 0.493 e. The van der Waals surface area contributed by atoms with Crippen LogP contribution in [0.25, 0.3) is 21.8 Å². The number of aliphatic carboxylic acids is 1. The molecule has 2 aliphatic rings. The number of hydrogen-bond donors (Lipinski definition) is 4. The van der Waals surface area contributed by atoms with Crippen LogP contribution >= 0.6 is 23.2 Å². The van der Waals surface area contributed by atoms with Crippen molar-refractivity contribution < 1.29 is 42.4 Å². The lowest BCUT2D eigenvalue weighted by Crippen LogP contribution is -2.44. The summed E-state index contributed by atoms with van der Waals surface area (Å²) >= 11 is 11.7. The van der Waals surface area contributed by atoms with Crippen LogP contribution in [0.5, 0.6) is 23.0 Å². The minimum Gasteiger partial charge on any atom is -0.493 e. The number of halogens is 4. The maximum atomic E-state index is 14.3. The van der Waals surface area contributed by atoms with Crippen LogP contribution < -0.4 is 34.9 Å². The number of ether oxygens (including phenoxy) is 4. The molecule has 71 heavy (non-hydrogen) atoms. The Morgan fingerprint density at radius 2 is 1.20 bits per heavy atom. The van der Waals surface area contributed by atoms with Crippen LogP contribution in [-0.4, -0.2) is 147 Å². The van der Waals surface area contributed by atoms with E-state index in [0.29, 0.717) is 98.7 Å². The normalized spacial score (nSPS) is 14.8. The molecular weight excluding hydrogens is 962 g/mol. The monoisotopic (exact) mass is 1020 g/mol. The lowest BCUT2D eigenvalue weighted by atomic mass is 9.99. The second kappa shape index (κ2) is 26.2. The van der Waals surface area contributed by atoms with Gasteiger partial charge in [-0.1, -0.05) is 23.2 Å². The zero-order valence-corrected chi connectivity index (χ0v) is 42.1. The van der Waals surface area contributed by atoms with Crippen molar-refractivity contribution >= 4 is 79.9 Å². The van der Waals surface area contributed by atoms with E-state index in [1.54, 1.807) is 69.6 Å². The third-order valence-corrected chi connectivity index (χ3v) is 11.9. The molecule has 21 heteroatoms. The number of carbonyl (C=O) groups excluding carboxylic acids is 1. The number of fused-ring (bicyclic) bond motifs is 2. The Balaban J connectivity index is 0.000000208. The van der Waals surface area contributed by atoms with E-state index in [2.05, 4.69) is 35.9 Å². The molecule has 0 aliphatic carbocycles. The van der Waals surface area contributed by atoms with Gasteiger partial charge in [-0.2, -0.15) is 0 Å². The molecule has 0 radical (unpaired) electrons. The minimum atomic E-state index is -0.787. The third kappa shape index (κ3) is 15.8. The molecule has 0 spiro atoms. The van der Waals surface area contributed by atoms with Gasteiger partial charge in [0.25, 0.3) is 0 Å². The van der Waals surface area contributed by atoms with Gasteiger partial charge in [0.15, 0.2) is 23.0 Å². The molecule has 0 bridgehead atoms.